The first-order chi connectivity index (χ1) is 9.31. The minimum Gasteiger partial charge on any atom is -0.356 e. The van der Waals surface area contributed by atoms with Crippen molar-refractivity contribution in [1.29, 1.82) is 0 Å². The summed E-state index contributed by atoms with van der Waals surface area (Å²) in [7, 11) is 0. The molecule has 0 bridgehead atoms. The highest BCUT2D eigenvalue weighted by molar-refractivity contribution is 5.43. The maximum Gasteiger partial charge on any atom is 0.122 e. The van der Waals surface area contributed by atoms with E-state index in [0.29, 0.717) is 16.8 Å². The van der Waals surface area contributed by atoms with E-state index in [4.69, 9.17) is 0 Å². The Balaban J connectivity index is 5.28. The first-order valence-electron chi connectivity index (χ1n) is 6.42. The van der Waals surface area contributed by atoms with Crippen molar-refractivity contribution in [3.63, 3.8) is 0 Å². The molecule has 0 saturated carbocycles. The minimum atomic E-state index is -0.278. The summed E-state index contributed by atoms with van der Waals surface area (Å²) in [5.74, 6) is -0.278. The van der Waals surface area contributed by atoms with Crippen LogP contribution in [0.4, 0.5) is 4.39 Å². The number of hydrogen-bond acceptors (Lipinski definition) is 1. The monoisotopic (exact) mass is 273 g/mol. The highest BCUT2D eigenvalue weighted by atomic mass is 19.1. The number of allylic oxidation sites excluding steroid dienone is 8. The van der Waals surface area contributed by atoms with Crippen molar-refractivity contribution in [1.82, 2.24) is 5.32 Å². The fourth-order valence-electron chi connectivity index (χ4n) is 1.36. The molecule has 20 heavy (non-hydrogen) atoms. The lowest BCUT2D eigenvalue weighted by Crippen LogP contribution is -2.12. The predicted molar refractivity (Wildman–Crippen MR) is 87.7 cm³/mol. The van der Waals surface area contributed by atoms with Crippen LogP contribution in [0.3, 0.4) is 0 Å². The maximum absolute atomic E-state index is 13.7. The second kappa shape index (κ2) is 8.92. The summed E-state index contributed by atoms with van der Waals surface area (Å²) in [5, 5.41) is 3.13. The van der Waals surface area contributed by atoms with Gasteiger partial charge in [-0.1, -0.05) is 37.5 Å². The van der Waals surface area contributed by atoms with Crippen LogP contribution in [-0.4, -0.2) is 0 Å². The van der Waals surface area contributed by atoms with E-state index in [9.17, 15) is 4.39 Å². The van der Waals surface area contributed by atoms with Gasteiger partial charge in [0.05, 0.1) is 0 Å². The van der Waals surface area contributed by atoms with Crippen molar-refractivity contribution in [2.24, 2.45) is 0 Å². The Morgan fingerprint density at radius 3 is 2.05 bits per heavy atom. The number of halogens is 1. The van der Waals surface area contributed by atoms with Crippen LogP contribution in [0.15, 0.2) is 84.1 Å². The van der Waals surface area contributed by atoms with Gasteiger partial charge in [-0.3, -0.25) is 0 Å². The van der Waals surface area contributed by atoms with E-state index in [0.717, 1.165) is 11.3 Å². The number of hydrogen-bond donors (Lipinski definition) is 1. The van der Waals surface area contributed by atoms with Crippen molar-refractivity contribution in [3.8, 4) is 0 Å². The lowest BCUT2D eigenvalue weighted by Gasteiger charge is -2.12. The van der Waals surface area contributed by atoms with Crippen LogP contribution in [0.25, 0.3) is 0 Å². The SMILES string of the molecule is C=C/C=C(\C=C(C)C)NC(=C)/C(C=C)=C\C(F)=C(C)C. The fraction of sp³-hybridized carbons (Fsp3) is 0.222. The molecule has 0 amide bonds. The molecule has 2 heteroatoms. The van der Waals surface area contributed by atoms with E-state index in [1.165, 1.54) is 6.08 Å². The Morgan fingerprint density at radius 1 is 1.05 bits per heavy atom. The van der Waals surface area contributed by atoms with Gasteiger partial charge in [0.25, 0.3) is 0 Å². The van der Waals surface area contributed by atoms with E-state index < -0.39 is 0 Å². The summed E-state index contributed by atoms with van der Waals surface area (Å²) in [6.07, 6.45) is 8.47. The first-order valence-corrected chi connectivity index (χ1v) is 6.42. The van der Waals surface area contributed by atoms with Gasteiger partial charge in [0.1, 0.15) is 5.83 Å². The summed E-state index contributed by atoms with van der Waals surface area (Å²) in [6, 6.07) is 0. The molecule has 1 nitrogen and oxygen atoms in total. The molecular weight excluding hydrogens is 249 g/mol. The van der Waals surface area contributed by atoms with Crippen molar-refractivity contribution in [2.75, 3.05) is 0 Å². The Labute approximate surface area is 122 Å². The van der Waals surface area contributed by atoms with Gasteiger partial charge in [-0.05, 0) is 57.1 Å². The maximum atomic E-state index is 13.7. The van der Waals surface area contributed by atoms with Gasteiger partial charge in [0, 0.05) is 11.4 Å². The standard InChI is InChI=1S/C18H24FN/c1-8-10-17(11-13(3)4)20-15(7)16(9-2)12-18(19)14(5)6/h8-12,20H,1-2,7H2,3-6H3/b16-12-,17-10+. The molecule has 0 atom stereocenters. The molecule has 0 spiro atoms. The molecule has 108 valence electrons. The molecule has 1 N–H and O–H groups in total. The van der Waals surface area contributed by atoms with E-state index in [2.05, 4.69) is 25.1 Å². The quantitative estimate of drug-likeness (QED) is 0.604. The Hall–Kier alpha value is -2.09. The summed E-state index contributed by atoms with van der Waals surface area (Å²) in [5.41, 5.74) is 3.79. The molecule has 0 aliphatic carbocycles. The Morgan fingerprint density at radius 2 is 1.65 bits per heavy atom. The van der Waals surface area contributed by atoms with Gasteiger partial charge >= 0.3 is 0 Å². The number of rotatable bonds is 7. The fourth-order valence-corrected chi connectivity index (χ4v) is 1.36. The highest BCUT2D eigenvalue weighted by Gasteiger charge is 2.03. The van der Waals surface area contributed by atoms with E-state index in [1.54, 1.807) is 26.0 Å². The third-order valence-electron chi connectivity index (χ3n) is 2.37. The van der Waals surface area contributed by atoms with Gasteiger partial charge < -0.3 is 5.32 Å². The lowest BCUT2D eigenvalue weighted by molar-refractivity contribution is 0.653. The van der Waals surface area contributed by atoms with Gasteiger partial charge in [0.2, 0.25) is 0 Å². The number of nitrogens with one attached hydrogen (secondary N) is 1. The smallest absolute Gasteiger partial charge is 0.122 e. The molecule has 0 fully saturated rings. The van der Waals surface area contributed by atoms with Gasteiger partial charge in [0.15, 0.2) is 0 Å². The van der Waals surface area contributed by atoms with E-state index in [-0.39, 0.29) is 5.83 Å². The summed E-state index contributed by atoms with van der Waals surface area (Å²) in [6.45, 7) is 18.7. The van der Waals surface area contributed by atoms with Crippen molar-refractivity contribution < 1.29 is 4.39 Å². The van der Waals surface area contributed by atoms with Crippen molar-refractivity contribution >= 4 is 0 Å². The first kappa shape index (κ1) is 17.9. The predicted octanol–water partition coefficient (Wildman–Crippen LogP) is 5.50. The lowest BCUT2D eigenvalue weighted by atomic mass is 10.1. The molecule has 0 radical (unpaired) electrons. The molecule has 0 heterocycles. The molecule has 0 aromatic carbocycles. The zero-order chi connectivity index (χ0) is 15.7. The average molecular weight is 273 g/mol. The average Bonchev–Trinajstić information content (AvgIpc) is 2.34. The third-order valence-corrected chi connectivity index (χ3v) is 2.37. The van der Waals surface area contributed by atoms with Crippen LogP contribution < -0.4 is 5.32 Å². The Bertz CT molecular complexity index is 506. The topological polar surface area (TPSA) is 12.0 Å². The van der Waals surface area contributed by atoms with Crippen LogP contribution >= 0.6 is 0 Å². The summed E-state index contributed by atoms with van der Waals surface area (Å²) >= 11 is 0. The highest BCUT2D eigenvalue weighted by Crippen LogP contribution is 2.15. The molecule has 0 aliphatic heterocycles. The summed E-state index contributed by atoms with van der Waals surface area (Å²) < 4.78 is 13.7. The van der Waals surface area contributed by atoms with Crippen LogP contribution in [0, 0.1) is 0 Å². The van der Waals surface area contributed by atoms with Crippen molar-refractivity contribution in [2.45, 2.75) is 27.7 Å². The zero-order valence-corrected chi connectivity index (χ0v) is 12.9. The largest absolute Gasteiger partial charge is 0.356 e. The van der Waals surface area contributed by atoms with E-state index in [1.807, 2.05) is 26.0 Å². The third kappa shape index (κ3) is 6.74. The second-order valence-corrected chi connectivity index (χ2v) is 4.83. The molecule has 0 aromatic heterocycles. The molecule has 0 aliphatic rings. The van der Waals surface area contributed by atoms with Crippen molar-refractivity contribution in [3.05, 3.63) is 84.1 Å². The minimum absolute atomic E-state index is 0.278. The van der Waals surface area contributed by atoms with Crippen LogP contribution in [0.2, 0.25) is 0 Å². The van der Waals surface area contributed by atoms with Gasteiger partial charge in [-0.2, -0.15) is 0 Å². The molecule has 0 aromatic rings. The zero-order valence-electron chi connectivity index (χ0n) is 12.9. The van der Waals surface area contributed by atoms with E-state index >= 15 is 0 Å². The molecular formula is C18H24FN. The Kier molecular flexibility index (Phi) is 7.98. The van der Waals surface area contributed by atoms with Gasteiger partial charge in [-0.15, -0.1) is 0 Å². The van der Waals surface area contributed by atoms with Crippen LogP contribution in [0.1, 0.15) is 27.7 Å². The summed E-state index contributed by atoms with van der Waals surface area (Å²) in [4.78, 5) is 0. The van der Waals surface area contributed by atoms with Crippen LogP contribution in [-0.2, 0) is 0 Å². The van der Waals surface area contributed by atoms with Gasteiger partial charge in [-0.25, -0.2) is 4.39 Å². The van der Waals surface area contributed by atoms with Crippen LogP contribution in [0.5, 0.6) is 0 Å². The second-order valence-electron chi connectivity index (χ2n) is 4.83. The molecule has 0 unspecified atom stereocenters. The molecule has 0 saturated heterocycles. The molecule has 0 rings (SSSR count). The normalized spacial score (nSPS) is 11.4.